The van der Waals surface area contributed by atoms with Crippen LogP contribution in [0.3, 0.4) is 0 Å². The molecular formula is C33H66N2O5. The molecule has 0 aliphatic carbocycles. The zero-order valence-electron chi connectivity index (χ0n) is 27.1. The molecule has 0 saturated carbocycles. The van der Waals surface area contributed by atoms with Crippen molar-refractivity contribution in [3.05, 3.63) is 0 Å². The second-order valence-corrected chi connectivity index (χ2v) is 11.8. The molecule has 0 saturated heterocycles. The van der Waals surface area contributed by atoms with Crippen molar-refractivity contribution in [3.63, 3.8) is 0 Å². The third kappa shape index (κ3) is 28.2. The van der Waals surface area contributed by atoms with Crippen LogP contribution >= 0.6 is 0 Å². The van der Waals surface area contributed by atoms with Gasteiger partial charge in [-0.15, -0.1) is 0 Å². The van der Waals surface area contributed by atoms with Gasteiger partial charge in [-0.05, 0) is 53.4 Å². The van der Waals surface area contributed by atoms with Gasteiger partial charge in [0.25, 0.3) is 0 Å². The maximum absolute atomic E-state index is 11.9. The first-order valence-electron chi connectivity index (χ1n) is 16.8. The van der Waals surface area contributed by atoms with E-state index < -0.39 is 12.4 Å². The molecule has 7 nitrogen and oxygen atoms in total. The minimum Gasteiger partial charge on any atom is -0.420 e. The maximum Gasteiger partial charge on any atom is 0.409 e. The van der Waals surface area contributed by atoms with Crippen molar-refractivity contribution in [1.82, 2.24) is 10.6 Å². The molecular weight excluding hydrogens is 504 g/mol. The number of rotatable bonds is 29. The van der Waals surface area contributed by atoms with E-state index in [1.807, 2.05) is 20.8 Å². The molecule has 7 heteroatoms. The number of alkyl carbamates (subject to hydrolysis) is 1. The molecule has 0 radical (unpaired) electrons. The van der Waals surface area contributed by atoms with E-state index in [0.29, 0.717) is 32.7 Å². The normalized spacial score (nSPS) is 12.3. The maximum atomic E-state index is 11.9. The topological polar surface area (TPSA) is 85.9 Å². The number of amides is 2. The minimum atomic E-state index is -0.539. The molecule has 0 rings (SSSR count). The third-order valence-corrected chi connectivity index (χ3v) is 7.31. The summed E-state index contributed by atoms with van der Waals surface area (Å²) in [7, 11) is 0. The Kier molecular flexibility index (Phi) is 26.9. The fraction of sp³-hybridized carbons (Fsp3) is 0.939. The zero-order valence-corrected chi connectivity index (χ0v) is 27.1. The second kappa shape index (κ2) is 27.8. The van der Waals surface area contributed by atoms with Crippen molar-refractivity contribution < 1.29 is 23.8 Å². The summed E-state index contributed by atoms with van der Waals surface area (Å²) in [4.78, 5) is 23.9. The van der Waals surface area contributed by atoms with Crippen LogP contribution in [0.2, 0.25) is 0 Å². The molecule has 0 spiro atoms. The molecule has 1 atom stereocenters. The first-order valence-corrected chi connectivity index (χ1v) is 16.8. The van der Waals surface area contributed by atoms with Gasteiger partial charge < -0.3 is 24.8 Å². The lowest BCUT2D eigenvalue weighted by Gasteiger charge is -2.24. The first-order chi connectivity index (χ1) is 19.3. The van der Waals surface area contributed by atoms with Crippen molar-refractivity contribution in [1.29, 1.82) is 0 Å². The molecule has 0 aromatic carbocycles. The van der Waals surface area contributed by atoms with Crippen LogP contribution < -0.4 is 10.6 Å². The molecule has 2 N–H and O–H groups in total. The Morgan fingerprint density at radius 3 is 1.75 bits per heavy atom. The molecule has 238 valence electrons. The van der Waals surface area contributed by atoms with Crippen molar-refractivity contribution in [2.75, 3.05) is 26.3 Å². The van der Waals surface area contributed by atoms with E-state index in [0.717, 1.165) is 32.1 Å². The molecule has 0 aromatic rings. The smallest absolute Gasteiger partial charge is 0.409 e. The minimum absolute atomic E-state index is 0.0692. The molecule has 2 amide bonds. The Bertz CT molecular complexity index is 585. The summed E-state index contributed by atoms with van der Waals surface area (Å²) in [5.41, 5.74) is -0.212. The Morgan fingerprint density at radius 2 is 1.20 bits per heavy atom. The molecule has 0 aliphatic heterocycles. The highest BCUT2D eigenvalue weighted by Gasteiger charge is 2.17. The number of ether oxygens (including phenoxy) is 3. The van der Waals surface area contributed by atoms with Crippen molar-refractivity contribution in [2.45, 2.75) is 175 Å². The van der Waals surface area contributed by atoms with Gasteiger partial charge in [0.15, 0.2) is 0 Å². The molecule has 40 heavy (non-hydrogen) atoms. The van der Waals surface area contributed by atoms with E-state index in [9.17, 15) is 9.59 Å². The molecule has 0 aromatic heterocycles. The Labute approximate surface area is 247 Å². The average Bonchev–Trinajstić information content (AvgIpc) is 2.90. The Morgan fingerprint density at radius 1 is 0.675 bits per heavy atom. The fourth-order valence-corrected chi connectivity index (χ4v) is 4.78. The third-order valence-electron chi connectivity index (χ3n) is 7.31. The molecule has 0 fully saturated rings. The van der Waals surface area contributed by atoms with Crippen LogP contribution in [0.15, 0.2) is 0 Å². The summed E-state index contributed by atoms with van der Waals surface area (Å²) in [5.74, 6) is 0.0692. The van der Waals surface area contributed by atoms with Gasteiger partial charge in [-0.3, -0.25) is 4.79 Å². The first kappa shape index (κ1) is 38.7. The van der Waals surface area contributed by atoms with E-state index in [1.165, 1.54) is 89.9 Å². The van der Waals surface area contributed by atoms with Crippen LogP contribution in [0.4, 0.5) is 4.79 Å². The van der Waals surface area contributed by atoms with Crippen molar-refractivity contribution in [2.24, 2.45) is 0 Å². The average molecular weight is 571 g/mol. The van der Waals surface area contributed by atoms with Gasteiger partial charge in [0.05, 0.1) is 12.2 Å². The largest absolute Gasteiger partial charge is 0.420 e. The van der Waals surface area contributed by atoms with E-state index in [1.54, 1.807) is 6.92 Å². The summed E-state index contributed by atoms with van der Waals surface area (Å²) in [6.45, 7) is 12.5. The predicted octanol–water partition coefficient (Wildman–Crippen LogP) is 8.83. The Balaban J connectivity index is 3.43. The summed E-state index contributed by atoms with van der Waals surface area (Å²) in [6.07, 6.45) is 22.9. The number of carbonyl (C=O) groups excluding carboxylic acids is 2. The summed E-state index contributed by atoms with van der Waals surface area (Å²) >= 11 is 0. The van der Waals surface area contributed by atoms with Gasteiger partial charge in [-0.25, -0.2) is 4.79 Å². The zero-order chi connectivity index (χ0) is 29.7. The van der Waals surface area contributed by atoms with Crippen LogP contribution in [0.25, 0.3) is 0 Å². The molecule has 0 bridgehead atoms. The van der Waals surface area contributed by atoms with E-state index >= 15 is 0 Å². The van der Waals surface area contributed by atoms with Crippen molar-refractivity contribution in [3.8, 4) is 0 Å². The van der Waals surface area contributed by atoms with Crippen LogP contribution in [0.5, 0.6) is 0 Å². The highest BCUT2D eigenvalue weighted by atomic mass is 16.7. The lowest BCUT2D eigenvalue weighted by molar-refractivity contribution is -0.121. The van der Waals surface area contributed by atoms with Gasteiger partial charge in [-0.2, -0.15) is 0 Å². The summed E-state index contributed by atoms with van der Waals surface area (Å²) < 4.78 is 16.5. The number of hydrogen-bond acceptors (Lipinski definition) is 5. The second-order valence-electron chi connectivity index (χ2n) is 11.8. The molecule has 0 aliphatic rings. The van der Waals surface area contributed by atoms with Crippen LogP contribution in [-0.4, -0.2) is 50.2 Å². The van der Waals surface area contributed by atoms with E-state index in [4.69, 9.17) is 14.2 Å². The van der Waals surface area contributed by atoms with E-state index in [2.05, 4.69) is 17.6 Å². The molecule has 0 heterocycles. The standard InChI is InChI=1S/C33H66N2O5/c1-6-8-9-10-11-12-13-14-15-16-17-18-19-20-24-29-38-30(3)40-32(37)35-27-23-21-22-25-31(36)34-28-26-33(4,5)39-7-2/h30H,6-29H2,1-5H3,(H,34,36)(H,35,37). The van der Waals surface area contributed by atoms with Crippen LogP contribution in [0, 0.1) is 0 Å². The highest BCUT2D eigenvalue weighted by Crippen LogP contribution is 2.14. The predicted molar refractivity (Wildman–Crippen MR) is 167 cm³/mol. The van der Waals surface area contributed by atoms with Crippen molar-refractivity contribution >= 4 is 12.0 Å². The van der Waals surface area contributed by atoms with E-state index in [-0.39, 0.29) is 11.5 Å². The quantitative estimate of drug-likeness (QED) is 0.0693. The molecule has 1 unspecified atom stereocenters. The van der Waals surface area contributed by atoms with Gasteiger partial charge in [-0.1, -0.05) is 103 Å². The van der Waals surface area contributed by atoms with Gasteiger partial charge >= 0.3 is 6.09 Å². The van der Waals surface area contributed by atoms with Crippen LogP contribution in [0.1, 0.15) is 163 Å². The van der Waals surface area contributed by atoms with Crippen LogP contribution in [-0.2, 0) is 19.0 Å². The Hall–Kier alpha value is -1.34. The summed E-state index contributed by atoms with van der Waals surface area (Å²) in [5, 5.41) is 5.72. The lowest BCUT2D eigenvalue weighted by Crippen LogP contribution is -2.32. The van der Waals surface area contributed by atoms with Gasteiger partial charge in [0.1, 0.15) is 0 Å². The summed E-state index contributed by atoms with van der Waals surface area (Å²) in [6, 6.07) is 0. The fourth-order valence-electron chi connectivity index (χ4n) is 4.78. The SMILES string of the molecule is CCCCCCCCCCCCCCCCCOC(C)OC(=O)NCCCCCC(=O)NCCC(C)(C)OCC. The number of hydrogen-bond donors (Lipinski definition) is 2. The monoisotopic (exact) mass is 570 g/mol. The number of unbranched alkanes of at least 4 members (excludes halogenated alkanes) is 16. The van der Waals surface area contributed by atoms with Gasteiger partial charge in [0.2, 0.25) is 12.2 Å². The highest BCUT2D eigenvalue weighted by molar-refractivity contribution is 5.75. The van der Waals surface area contributed by atoms with Gasteiger partial charge in [0, 0.05) is 26.1 Å². The number of nitrogens with one attached hydrogen (secondary N) is 2. The lowest BCUT2D eigenvalue weighted by atomic mass is 10.0. The number of carbonyl (C=O) groups is 2.